The Kier molecular flexibility index (Phi) is 7.54. The van der Waals surface area contributed by atoms with Gasteiger partial charge in [-0.3, -0.25) is 4.79 Å². The van der Waals surface area contributed by atoms with E-state index in [0.717, 1.165) is 24.3 Å². The Morgan fingerprint density at radius 2 is 1.91 bits per heavy atom. The highest BCUT2D eigenvalue weighted by Crippen LogP contribution is 2.32. The molecule has 2 N–H and O–H groups in total. The Labute approximate surface area is 193 Å². The lowest BCUT2D eigenvalue weighted by Gasteiger charge is -2.13. The number of allylic oxidation sites excluding steroid dienone is 1. The third-order valence-electron chi connectivity index (χ3n) is 4.26. The molecule has 0 saturated heterocycles. The SMILES string of the molecule is O=C(C=CNc1ccc(OC(F)(F)F)cc1)C1=NOC(CNc2ncc(C(F)(F)F)cc2Cl)C1. The fourth-order valence-electron chi connectivity index (χ4n) is 2.68. The number of anilines is 2. The molecule has 1 aliphatic rings. The van der Waals surface area contributed by atoms with Crippen molar-refractivity contribution in [3.8, 4) is 5.75 Å². The van der Waals surface area contributed by atoms with Crippen molar-refractivity contribution in [2.75, 3.05) is 17.2 Å². The number of pyridine rings is 1. The van der Waals surface area contributed by atoms with Crippen molar-refractivity contribution >= 4 is 34.6 Å². The monoisotopic (exact) mass is 508 g/mol. The summed E-state index contributed by atoms with van der Waals surface area (Å²) in [7, 11) is 0. The molecule has 0 bridgehead atoms. The van der Waals surface area contributed by atoms with Crippen molar-refractivity contribution in [3.63, 3.8) is 0 Å². The molecule has 1 aromatic heterocycles. The van der Waals surface area contributed by atoms with E-state index in [0.29, 0.717) is 11.9 Å². The summed E-state index contributed by atoms with van der Waals surface area (Å²) < 4.78 is 78.2. The van der Waals surface area contributed by atoms with Gasteiger partial charge < -0.3 is 20.2 Å². The van der Waals surface area contributed by atoms with Crippen LogP contribution in [0.15, 0.2) is 54.0 Å². The van der Waals surface area contributed by atoms with E-state index in [-0.39, 0.29) is 35.3 Å². The smallest absolute Gasteiger partial charge is 0.406 e. The molecular formula is C20H15ClF6N4O3. The fourth-order valence-corrected chi connectivity index (χ4v) is 2.91. The molecule has 7 nitrogen and oxygen atoms in total. The summed E-state index contributed by atoms with van der Waals surface area (Å²) in [6.07, 6.45) is -6.74. The molecule has 0 aliphatic carbocycles. The molecule has 34 heavy (non-hydrogen) atoms. The van der Waals surface area contributed by atoms with Crippen LogP contribution < -0.4 is 15.4 Å². The number of benzene rings is 1. The number of nitrogens with one attached hydrogen (secondary N) is 2. The highest BCUT2D eigenvalue weighted by Gasteiger charge is 2.32. The first-order valence-corrected chi connectivity index (χ1v) is 9.81. The van der Waals surface area contributed by atoms with E-state index in [1.54, 1.807) is 0 Å². The minimum Gasteiger partial charge on any atom is -0.406 e. The molecule has 0 spiro atoms. The quantitative estimate of drug-likeness (QED) is 0.367. The number of halogens is 7. The number of carbonyl (C=O) groups is 1. The van der Waals surface area contributed by atoms with Gasteiger partial charge in [-0.15, -0.1) is 13.2 Å². The van der Waals surface area contributed by atoms with Crippen LogP contribution in [-0.4, -0.2) is 35.5 Å². The van der Waals surface area contributed by atoms with E-state index in [2.05, 4.69) is 25.5 Å². The number of ether oxygens (including phenoxy) is 1. The predicted molar refractivity (Wildman–Crippen MR) is 111 cm³/mol. The first kappa shape index (κ1) is 25.1. The maximum Gasteiger partial charge on any atom is 0.573 e. The summed E-state index contributed by atoms with van der Waals surface area (Å²) >= 11 is 5.82. The van der Waals surface area contributed by atoms with Crippen LogP contribution in [0.4, 0.5) is 37.8 Å². The number of rotatable bonds is 8. The normalized spacial score (nSPS) is 16.2. The van der Waals surface area contributed by atoms with Crippen molar-refractivity contribution in [1.82, 2.24) is 4.98 Å². The van der Waals surface area contributed by atoms with Gasteiger partial charge in [0, 0.05) is 30.6 Å². The second kappa shape index (κ2) is 10.2. The molecule has 0 amide bonds. The molecule has 182 valence electrons. The molecule has 3 rings (SSSR count). The number of nitrogens with zero attached hydrogens (tertiary/aromatic N) is 2. The molecule has 14 heteroatoms. The van der Waals surface area contributed by atoms with Gasteiger partial charge in [0.2, 0.25) is 5.78 Å². The molecule has 0 saturated carbocycles. The van der Waals surface area contributed by atoms with Crippen LogP contribution in [0, 0.1) is 0 Å². The Balaban J connectivity index is 1.45. The zero-order chi connectivity index (χ0) is 24.9. The van der Waals surface area contributed by atoms with Gasteiger partial charge in [0.15, 0.2) is 6.10 Å². The van der Waals surface area contributed by atoms with E-state index >= 15 is 0 Å². The van der Waals surface area contributed by atoms with Crippen LogP contribution in [0.2, 0.25) is 5.02 Å². The second-order valence-corrected chi connectivity index (χ2v) is 7.22. The van der Waals surface area contributed by atoms with Gasteiger partial charge in [0.05, 0.1) is 17.1 Å². The Morgan fingerprint density at radius 3 is 2.53 bits per heavy atom. The average molecular weight is 509 g/mol. The largest absolute Gasteiger partial charge is 0.573 e. The van der Waals surface area contributed by atoms with Crippen molar-refractivity contribution in [1.29, 1.82) is 0 Å². The van der Waals surface area contributed by atoms with E-state index in [1.165, 1.54) is 18.3 Å². The molecule has 1 aliphatic heterocycles. The molecule has 1 aromatic carbocycles. The maximum atomic E-state index is 12.7. The first-order valence-electron chi connectivity index (χ1n) is 9.43. The van der Waals surface area contributed by atoms with Crippen LogP contribution in [0.3, 0.4) is 0 Å². The van der Waals surface area contributed by atoms with Gasteiger partial charge in [0.1, 0.15) is 17.3 Å². The highest BCUT2D eigenvalue weighted by atomic mass is 35.5. The molecule has 2 aromatic rings. The molecule has 0 radical (unpaired) electrons. The van der Waals surface area contributed by atoms with Crippen molar-refractivity contribution in [3.05, 3.63) is 59.4 Å². The van der Waals surface area contributed by atoms with Gasteiger partial charge in [0.25, 0.3) is 0 Å². The van der Waals surface area contributed by atoms with Gasteiger partial charge >= 0.3 is 12.5 Å². The number of alkyl halides is 6. The molecule has 1 atom stereocenters. The third kappa shape index (κ3) is 7.27. The van der Waals surface area contributed by atoms with Crippen LogP contribution in [0.25, 0.3) is 0 Å². The van der Waals surface area contributed by atoms with Crippen molar-refractivity contribution in [2.45, 2.75) is 25.1 Å². The summed E-state index contributed by atoms with van der Waals surface area (Å²) in [5, 5.41) is 8.93. The number of aromatic nitrogens is 1. The van der Waals surface area contributed by atoms with E-state index < -0.39 is 30.0 Å². The van der Waals surface area contributed by atoms with Gasteiger partial charge in [-0.25, -0.2) is 4.98 Å². The number of carbonyl (C=O) groups excluding carboxylic acids is 1. The lowest BCUT2D eigenvalue weighted by molar-refractivity contribution is -0.274. The first-order chi connectivity index (χ1) is 15.9. The zero-order valence-electron chi connectivity index (χ0n) is 16.9. The zero-order valence-corrected chi connectivity index (χ0v) is 17.6. The summed E-state index contributed by atoms with van der Waals surface area (Å²) in [5.74, 6) is -0.838. The highest BCUT2D eigenvalue weighted by molar-refractivity contribution is 6.44. The number of oxime groups is 1. The molecule has 1 unspecified atom stereocenters. The van der Waals surface area contributed by atoms with Crippen LogP contribution >= 0.6 is 11.6 Å². The summed E-state index contributed by atoms with van der Waals surface area (Å²) in [6.45, 7) is 0.0761. The molecular weight excluding hydrogens is 494 g/mol. The Hall–Kier alpha value is -3.48. The third-order valence-corrected chi connectivity index (χ3v) is 4.54. The Morgan fingerprint density at radius 1 is 1.21 bits per heavy atom. The van der Waals surface area contributed by atoms with Gasteiger partial charge in [-0.05, 0) is 30.3 Å². The topological polar surface area (TPSA) is 84.8 Å². The average Bonchev–Trinajstić information content (AvgIpc) is 3.21. The summed E-state index contributed by atoms with van der Waals surface area (Å²) in [6, 6.07) is 5.61. The molecule has 2 heterocycles. The predicted octanol–water partition coefficient (Wildman–Crippen LogP) is 5.40. The van der Waals surface area contributed by atoms with E-state index in [1.807, 2.05) is 0 Å². The van der Waals surface area contributed by atoms with E-state index in [4.69, 9.17) is 16.4 Å². The summed E-state index contributed by atoms with van der Waals surface area (Å²) in [5.41, 5.74) is -0.473. The van der Waals surface area contributed by atoms with Gasteiger partial charge in [-0.2, -0.15) is 13.2 Å². The van der Waals surface area contributed by atoms with Gasteiger partial charge in [-0.1, -0.05) is 16.8 Å². The minimum absolute atomic E-state index is 0.0220. The lowest BCUT2D eigenvalue weighted by atomic mass is 10.1. The van der Waals surface area contributed by atoms with E-state index in [9.17, 15) is 31.1 Å². The number of ketones is 1. The van der Waals surface area contributed by atoms with Crippen LogP contribution in [0.5, 0.6) is 5.75 Å². The fraction of sp³-hybridized carbons (Fsp3) is 0.250. The Bertz CT molecular complexity index is 1090. The maximum absolute atomic E-state index is 12.7. The minimum atomic E-state index is -4.79. The number of hydrogen-bond acceptors (Lipinski definition) is 7. The lowest BCUT2D eigenvalue weighted by Crippen LogP contribution is -2.22. The standard InChI is InChI=1S/C20H15ClF6N4O3/c21-15-7-11(19(22,23)24)9-29-18(15)30-10-14-8-16(31-34-14)17(32)5-6-28-12-1-3-13(4-2-12)33-20(25,26)27/h1-7,9,14,28H,8,10H2,(H,29,30). The molecule has 0 fully saturated rings. The van der Waals surface area contributed by atoms with Crippen molar-refractivity contribution in [2.24, 2.45) is 5.16 Å². The second-order valence-electron chi connectivity index (χ2n) is 6.82. The van der Waals surface area contributed by atoms with Crippen molar-refractivity contribution < 1.29 is 40.7 Å². The number of hydrogen-bond donors (Lipinski definition) is 2. The van der Waals surface area contributed by atoms with Crippen LogP contribution in [0.1, 0.15) is 12.0 Å². The van der Waals surface area contributed by atoms with Crippen LogP contribution in [-0.2, 0) is 15.8 Å². The summed E-state index contributed by atoms with van der Waals surface area (Å²) in [4.78, 5) is 21.0.